The van der Waals surface area contributed by atoms with E-state index >= 15 is 0 Å². The number of halogens is 6. The molecular formula is C12H12Cl6N4O4. The first-order chi connectivity index (χ1) is 11.5. The largest absolute Gasteiger partial charge is 0.365 e. The summed E-state index contributed by atoms with van der Waals surface area (Å²) in [6, 6.07) is 0. The topological polar surface area (TPSA) is 106 Å². The summed E-state index contributed by atoms with van der Waals surface area (Å²) in [5, 5.41) is 29.4. The third-order valence-corrected chi connectivity index (χ3v) is 5.54. The van der Waals surface area contributed by atoms with Crippen molar-refractivity contribution < 1.29 is 19.8 Å². The summed E-state index contributed by atoms with van der Waals surface area (Å²) < 4.78 is -4.78. The van der Waals surface area contributed by atoms with E-state index in [1.54, 1.807) is 0 Å². The van der Waals surface area contributed by atoms with Gasteiger partial charge in [-0.15, -0.1) is 0 Å². The van der Waals surface area contributed by atoms with Crippen LogP contribution in [0.25, 0.3) is 0 Å². The monoisotopic (exact) mass is 486 g/mol. The predicted octanol–water partition coefficient (Wildman–Crippen LogP) is 2.32. The van der Waals surface area contributed by atoms with Crippen molar-refractivity contribution in [2.24, 2.45) is 10.2 Å². The molecule has 0 spiro atoms. The first-order valence-electron chi connectivity index (χ1n) is 6.90. The van der Waals surface area contributed by atoms with Crippen LogP contribution in [-0.2, 0) is 9.59 Å². The first kappa shape index (κ1) is 22.2. The number of nitrogens with zero attached hydrogens (tertiary/aromatic N) is 4. The summed E-state index contributed by atoms with van der Waals surface area (Å²) in [6.07, 6.45) is -0.640. The van der Waals surface area contributed by atoms with E-state index in [-0.39, 0.29) is 24.3 Å². The molecule has 2 unspecified atom stereocenters. The lowest BCUT2D eigenvalue weighted by Gasteiger charge is -2.39. The maximum absolute atomic E-state index is 12.6. The molecule has 26 heavy (non-hydrogen) atoms. The highest BCUT2D eigenvalue weighted by atomic mass is 35.6. The zero-order valence-corrected chi connectivity index (χ0v) is 17.7. The minimum Gasteiger partial charge on any atom is -0.365 e. The SMILES string of the molecule is CC1=NN(C(=O)C(=O)N2N=C(C)CC2(O)C(Cl)(Cl)Cl)C(O)(C(Cl)(Cl)Cl)C1. The Labute approximate surface area is 178 Å². The molecule has 2 aliphatic rings. The van der Waals surface area contributed by atoms with Crippen LogP contribution < -0.4 is 0 Å². The van der Waals surface area contributed by atoms with Crippen LogP contribution in [0.15, 0.2) is 10.2 Å². The lowest BCUT2D eigenvalue weighted by molar-refractivity contribution is -0.177. The van der Waals surface area contributed by atoms with Gasteiger partial charge in [-0.1, -0.05) is 69.6 Å². The van der Waals surface area contributed by atoms with E-state index in [4.69, 9.17) is 69.6 Å². The van der Waals surface area contributed by atoms with Crippen molar-refractivity contribution in [2.45, 2.75) is 45.7 Å². The normalized spacial score (nSPS) is 29.8. The smallest absolute Gasteiger partial charge is 0.336 e. The summed E-state index contributed by atoms with van der Waals surface area (Å²) in [7, 11) is 0. The van der Waals surface area contributed by atoms with Crippen LogP contribution >= 0.6 is 69.6 Å². The molecule has 0 radical (unpaired) electrons. The van der Waals surface area contributed by atoms with Gasteiger partial charge in [0.2, 0.25) is 19.0 Å². The average molecular weight is 489 g/mol. The van der Waals surface area contributed by atoms with Crippen LogP contribution in [0.5, 0.6) is 0 Å². The van der Waals surface area contributed by atoms with Gasteiger partial charge >= 0.3 is 11.8 Å². The quantitative estimate of drug-likeness (QED) is 0.403. The molecule has 2 heterocycles. The van der Waals surface area contributed by atoms with E-state index in [2.05, 4.69) is 10.2 Å². The summed E-state index contributed by atoms with van der Waals surface area (Å²) in [6.45, 7) is 2.91. The molecule has 0 saturated heterocycles. The summed E-state index contributed by atoms with van der Waals surface area (Å²) >= 11 is 34.5. The van der Waals surface area contributed by atoms with E-state index in [1.165, 1.54) is 13.8 Å². The van der Waals surface area contributed by atoms with Crippen molar-refractivity contribution in [3.63, 3.8) is 0 Å². The second kappa shape index (κ2) is 6.77. The predicted molar refractivity (Wildman–Crippen MR) is 99.6 cm³/mol. The highest BCUT2D eigenvalue weighted by molar-refractivity contribution is 6.69. The van der Waals surface area contributed by atoms with Crippen LogP contribution in [0.2, 0.25) is 0 Å². The number of hydrogen-bond donors (Lipinski definition) is 2. The van der Waals surface area contributed by atoms with Gasteiger partial charge in [0.1, 0.15) is 0 Å². The van der Waals surface area contributed by atoms with Crippen molar-refractivity contribution in [3.8, 4) is 0 Å². The third-order valence-electron chi connectivity index (χ3n) is 3.72. The Morgan fingerprint density at radius 3 is 1.35 bits per heavy atom. The van der Waals surface area contributed by atoms with Crippen LogP contribution in [0.4, 0.5) is 0 Å². The first-order valence-corrected chi connectivity index (χ1v) is 9.16. The fourth-order valence-electron chi connectivity index (χ4n) is 2.49. The van der Waals surface area contributed by atoms with Gasteiger partial charge in [-0.3, -0.25) is 9.59 Å². The Balaban J connectivity index is 2.42. The van der Waals surface area contributed by atoms with Crippen molar-refractivity contribution in [1.82, 2.24) is 10.0 Å². The van der Waals surface area contributed by atoms with Crippen LogP contribution in [0.1, 0.15) is 26.7 Å². The molecule has 2 rings (SSSR count). The Kier molecular flexibility index (Phi) is 5.79. The molecule has 0 saturated carbocycles. The molecule has 2 N–H and O–H groups in total. The number of hydrogen-bond acceptors (Lipinski definition) is 6. The molecule has 8 nitrogen and oxygen atoms in total. The number of carbonyl (C=O) groups excluding carboxylic acids is 2. The zero-order valence-electron chi connectivity index (χ0n) is 13.2. The highest BCUT2D eigenvalue weighted by Gasteiger charge is 2.62. The Morgan fingerprint density at radius 1 is 0.846 bits per heavy atom. The highest BCUT2D eigenvalue weighted by Crippen LogP contribution is 2.48. The molecule has 14 heteroatoms. The standard InChI is InChI=1S/C12H12Cl6N4O4/c1-5-3-9(25,11(13,14)15)21(19-5)7(23)8(24)22-10(26,12(16,17)18)4-6(2)20-22/h25-26H,3-4H2,1-2H3. The molecule has 0 aromatic rings. The third kappa shape index (κ3) is 3.51. The van der Waals surface area contributed by atoms with E-state index in [1.807, 2.05) is 0 Å². The average Bonchev–Trinajstić information content (AvgIpc) is 2.94. The maximum Gasteiger partial charge on any atom is 0.336 e. The minimum absolute atomic E-state index is 0.220. The van der Waals surface area contributed by atoms with Gasteiger partial charge < -0.3 is 10.2 Å². The summed E-state index contributed by atoms with van der Waals surface area (Å²) in [5.41, 5.74) is -4.41. The van der Waals surface area contributed by atoms with Gasteiger partial charge in [0.15, 0.2) is 0 Å². The second-order valence-electron chi connectivity index (χ2n) is 5.89. The second-order valence-corrected chi connectivity index (χ2v) is 10.4. The Hall–Kier alpha value is -0.0600. The van der Waals surface area contributed by atoms with E-state index in [0.717, 1.165) is 0 Å². The Morgan fingerprint density at radius 2 is 1.12 bits per heavy atom. The lowest BCUT2D eigenvalue weighted by Crippen LogP contribution is -2.62. The van der Waals surface area contributed by atoms with Crippen molar-refractivity contribution in [1.29, 1.82) is 0 Å². The lowest BCUT2D eigenvalue weighted by atomic mass is 10.1. The van der Waals surface area contributed by atoms with Gasteiger partial charge in [-0.2, -0.15) is 20.2 Å². The molecule has 2 atom stereocenters. The summed E-state index contributed by atoms with van der Waals surface area (Å²) in [4.78, 5) is 25.3. The van der Waals surface area contributed by atoms with E-state index < -0.39 is 30.8 Å². The zero-order chi connectivity index (χ0) is 20.3. The molecule has 0 aromatic carbocycles. The fourth-order valence-corrected chi connectivity index (χ4v) is 3.37. The van der Waals surface area contributed by atoms with Crippen molar-refractivity contribution >= 4 is 92.8 Å². The number of aliphatic hydroxyl groups is 2. The molecule has 0 fully saturated rings. The molecule has 146 valence electrons. The van der Waals surface area contributed by atoms with E-state index in [0.29, 0.717) is 10.0 Å². The molecule has 0 bridgehead atoms. The van der Waals surface area contributed by atoms with Crippen LogP contribution in [0.3, 0.4) is 0 Å². The maximum atomic E-state index is 12.6. The molecule has 0 aromatic heterocycles. The van der Waals surface area contributed by atoms with Crippen molar-refractivity contribution in [3.05, 3.63) is 0 Å². The number of carbonyl (C=O) groups is 2. The van der Waals surface area contributed by atoms with Gasteiger partial charge in [0.05, 0.1) is 0 Å². The van der Waals surface area contributed by atoms with E-state index in [9.17, 15) is 19.8 Å². The number of rotatable bonds is 0. The Bertz CT molecular complexity index is 657. The van der Waals surface area contributed by atoms with Gasteiger partial charge in [0.25, 0.3) is 0 Å². The number of hydrazone groups is 2. The van der Waals surface area contributed by atoms with Crippen LogP contribution in [0, 0.1) is 0 Å². The molecular weight excluding hydrogens is 477 g/mol. The molecule has 2 aliphatic heterocycles. The van der Waals surface area contributed by atoms with Crippen molar-refractivity contribution in [2.75, 3.05) is 0 Å². The number of alkyl halides is 6. The van der Waals surface area contributed by atoms with Crippen LogP contribution in [-0.4, -0.2) is 62.5 Å². The fraction of sp³-hybridized carbons (Fsp3) is 0.667. The number of amides is 2. The molecule has 0 aliphatic carbocycles. The summed E-state index contributed by atoms with van der Waals surface area (Å²) in [5.74, 6) is -2.89. The van der Waals surface area contributed by atoms with Gasteiger partial charge in [-0.25, -0.2) is 0 Å². The molecule has 2 amide bonds. The van der Waals surface area contributed by atoms with Gasteiger partial charge in [-0.05, 0) is 13.8 Å². The van der Waals surface area contributed by atoms with Gasteiger partial charge in [0, 0.05) is 24.3 Å². The minimum atomic E-state index is -2.43.